The van der Waals surface area contributed by atoms with Gasteiger partial charge in [0.25, 0.3) is 0 Å². The second-order valence-electron chi connectivity index (χ2n) is 6.86. The van der Waals surface area contributed by atoms with Crippen molar-refractivity contribution in [2.24, 2.45) is 0 Å². The standard InChI is InChI=1S/C21H22O9/c1-11(22)12-4-8-15(9-5-12)29-21-19(26)18(25)17(24)16(30-21)10-28-20(27)13-2-6-14(23)7-3-13/h2-9,16-19,21,23-26H,10H2,1H3/t16-,17-,18+,19-,21-/m1/s1. The van der Waals surface area contributed by atoms with Crippen molar-refractivity contribution in [3.05, 3.63) is 59.7 Å². The summed E-state index contributed by atoms with van der Waals surface area (Å²) in [5, 5.41) is 39.7. The SMILES string of the molecule is CC(=O)c1ccc(O[C@@H]2O[C@H](COC(=O)c3ccc(O)cc3)[C@@H](O)[C@H](O)[C@H]2O)cc1. The maximum atomic E-state index is 12.1. The maximum Gasteiger partial charge on any atom is 0.338 e. The third-order valence-electron chi connectivity index (χ3n) is 4.66. The third-order valence-corrected chi connectivity index (χ3v) is 4.66. The van der Waals surface area contributed by atoms with Crippen molar-refractivity contribution in [3.8, 4) is 11.5 Å². The number of aliphatic hydroxyl groups is 3. The Labute approximate surface area is 172 Å². The van der Waals surface area contributed by atoms with E-state index in [9.17, 15) is 30.0 Å². The number of benzene rings is 2. The maximum absolute atomic E-state index is 12.1. The molecule has 9 nitrogen and oxygen atoms in total. The van der Waals surface area contributed by atoms with Gasteiger partial charge < -0.3 is 34.6 Å². The highest BCUT2D eigenvalue weighted by Gasteiger charge is 2.45. The fourth-order valence-electron chi connectivity index (χ4n) is 2.89. The largest absolute Gasteiger partial charge is 0.508 e. The summed E-state index contributed by atoms with van der Waals surface area (Å²) in [6.45, 7) is 1.01. The summed E-state index contributed by atoms with van der Waals surface area (Å²) in [4.78, 5) is 23.4. The quantitative estimate of drug-likeness (QED) is 0.392. The van der Waals surface area contributed by atoms with Crippen molar-refractivity contribution < 1.29 is 44.2 Å². The Morgan fingerprint density at radius 3 is 2.10 bits per heavy atom. The molecule has 1 aliphatic heterocycles. The van der Waals surface area contributed by atoms with Gasteiger partial charge in [-0.05, 0) is 55.5 Å². The number of esters is 1. The van der Waals surface area contributed by atoms with Crippen LogP contribution in [0, 0.1) is 0 Å². The summed E-state index contributed by atoms with van der Waals surface area (Å²) in [6, 6.07) is 11.5. The molecule has 0 aliphatic carbocycles. The summed E-state index contributed by atoms with van der Waals surface area (Å²) in [7, 11) is 0. The first-order valence-electron chi connectivity index (χ1n) is 9.19. The number of hydrogen-bond acceptors (Lipinski definition) is 9. The topological polar surface area (TPSA) is 143 Å². The third kappa shape index (κ3) is 4.95. The van der Waals surface area contributed by atoms with Gasteiger partial charge in [-0.2, -0.15) is 0 Å². The number of carbonyl (C=O) groups is 2. The molecule has 5 atom stereocenters. The zero-order valence-corrected chi connectivity index (χ0v) is 16.0. The molecule has 0 aromatic heterocycles. The molecule has 160 valence electrons. The Morgan fingerprint density at radius 2 is 1.50 bits per heavy atom. The highest BCUT2D eigenvalue weighted by molar-refractivity contribution is 5.94. The van der Waals surface area contributed by atoms with Crippen LogP contribution in [0.5, 0.6) is 11.5 Å². The van der Waals surface area contributed by atoms with Gasteiger partial charge in [-0.3, -0.25) is 4.79 Å². The monoisotopic (exact) mass is 418 g/mol. The average Bonchev–Trinajstić information content (AvgIpc) is 2.74. The van der Waals surface area contributed by atoms with Crippen LogP contribution in [0.3, 0.4) is 0 Å². The van der Waals surface area contributed by atoms with Crippen molar-refractivity contribution in [2.45, 2.75) is 37.6 Å². The first-order valence-corrected chi connectivity index (χ1v) is 9.19. The fourth-order valence-corrected chi connectivity index (χ4v) is 2.89. The second-order valence-corrected chi connectivity index (χ2v) is 6.86. The number of ketones is 1. The van der Waals surface area contributed by atoms with Crippen LogP contribution in [0.1, 0.15) is 27.6 Å². The molecule has 0 spiro atoms. The lowest BCUT2D eigenvalue weighted by molar-refractivity contribution is -0.277. The van der Waals surface area contributed by atoms with Crippen molar-refractivity contribution >= 4 is 11.8 Å². The number of Topliss-reactive ketones (excluding diaryl/α,β-unsaturated/α-hetero) is 1. The molecule has 1 saturated heterocycles. The van der Waals surface area contributed by atoms with E-state index in [1.165, 1.54) is 55.5 Å². The van der Waals surface area contributed by atoms with E-state index in [-0.39, 0.29) is 22.8 Å². The molecule has 1 fully saturated rings. The number of rotatable bonds is 6. The van der Waals surface area contributed by atoms with Gasteiger partial charge in [-0.1, -0.05) is 0 Å². The van der Waals surface area contributed by atoms with Gasteiger partial charge in [-0.25, -0.2) is 4.79 Å². The Balaban J connectivity index is 1.64. The predicted octanol–water partition coefficient (Wildman–Crippen LogP) is 0.638. The van der Waals surface area contributed by atoms with E-state index in [0.717, 1.165) is 0 Å². The lowest BCUT2D eigenvalue weighted by atomic mass is 9.99. The molecule has 0 bridgehead atoms. The molecular weight excluding hydrogens is 396 g/mol. The molecule has 0 radical (unpaired) electrons. The molecule has 1 aliphatic rings. The lowest BCUT2D eigenvalue weighted by Crippen LogP contribution is -2.60. The molecule has 0 unspecified atom stereocenters. The highest BCUT2D eigenvalue weighted by atomic mass is 16.7. The summed E-state index contributed by atoms with van der Waals surface area (Å²) < 4.78 is 16.1. The van der Waals surface area contributed by atoms with E-state index in [0.29, 0.717) is 5.56 Å². The molecule has 0 saturated carbocycles. The Hall–Kier alpha value is -2.98. The number of phenolic OH excluding ortho intramolecular Hbond substituents is 1. The second kappa shape index (κ2) is 9.23. The summed E-state index contributed by atoms with van der Waals surface area (Å²) in [6.07, 6.45) is -7.18. The first kappa shape index (κ1) is 21.7. The molecule has 9 heteroatoms. The lowest BCUT2D eigenvalue weighted by Gasteiger charge is -2.39. The molecule has 0 amide bonds. The van der Waals surface area contributed by atoms with Crippen LogP contribution < -0.4 is 4.74 Å². The van der Waals surface area contributed by atoms with Gasteiger partial charge in [0.1, 0.15) is 42.5 Å². The van der Waals surface area contributed by atoms with Crippen LogP contribution in [0.2, 0.25) is 0 Å². The first-order chi connectivity index (χ1) is 14.3. The van der Waals surface area contributed by atoms with E-state index < -0.39 is 43.3 Å². The van der Waals surface area contributed by atoms with Gasteiger partial charge in [0.2, 0.25) is 6.29 Å². The number of ether oxygens (including phenoxy) is 3. The van der Waals surface area contributed by atoms with E-state index in [1.54, 1.807) is 0 Å². The van der Waals surface area contributed by atoms with E-state index in [1.807, 2.05) is 0 Å². The fraction of sp³-hybridized carbons (Fsp3) is 0.333. The van der Waals surface area contributed by atoms with E-state index in [4.69, 9.17) is 14.2 Å². The van der Waals surface area contributed by atoms with Crippen molar-refractivity contribution in [2.75, 3.05) is 6.61 Å². The number of hydrogen-bond donors (Lipinski definition) is 4. The Kier molecular flexibility index (Phi) is 6.68. The predicted molar refractivity (Wildman–Crippen MR) is 102 cm³/mol. The van der Waals surface area contributed by atoms with Crippen LogP contribution in [-0.4, -0.2) is 69.5 Å². The number of aliphatic hydroxyl groups excluding tert-OH is 3. The molecular formula is C21H22O9. The highest BCUT2D eigenvalue weighted by Crippen LogP contribution is 2.25. The summed E-state index contributed by atoms with van der Waals surface area (Å²) in [5.74, 6) is -0.577. The van der Waals surface area contributed by atoms with Crippen LogP contribution in [-0.2, 0) is 9.47 Å². The summed E-state index contributed by atoms with van der Waals surface area (Å²) in [5.41, 5.74) is 0.652. The smallest absolute Gasteiger partial charge is 0.338 e. The number of aromatic hydroxyl groups is 1. The minimum absolute atomic E-state index is 0.00831. The Bertz CT molecular complexity index is 878. The van der Waals surface area contributed by atoms with Crippen molar-refractivity contribution in [3.63, 3.8) is 0 Å². The van der Waals surface area contributed by atoms with Gasteiger partial charge in [0.05, 0.1) is 5.56 Å². The minimum Gasteiger partial charge on any atom is -0.508 e. The van der Waals surface area contributed by atoms with Gasteiger partial charge in [-0.15, -0.1) is 0 Å². The van der Waals surface area contributed by atoms with Crippen LogP contribution in [0.15, 0.2) is 48.5 Å². The average molecular weight is 418 g/mol. The normalized spacial score (nSPS) is 26.1. The molecule has 1 heterocycles. The molecule has 2 aromatic carbocycles. The van der Waals surface area contributed by atoms with Gasteiger partial charge >= 0.3 is 5.97 Å². The minimum atomic E-state index is -1.60. The zero-order chi connectivity index (χ0) is 21.8. The zero-order valence-electron chi connectivity index (χ0n) is 16.0. The van der Waals surface area contributed by atoms with E-state index in [2.05, 4.69) is 0 Å². The number of carbonyl (C=O) groups excluding carboxylic acids is 2. The molecule has 30 heavy (non-hydrogen) atoms. The molecule has 2 aromatic rings. The number of phenols is 1. The molecule has 3 rings (SSSR count). The Morgan fingerprint density at radius 1 is 0.900 bits per heavy atom. The van der Waals surface area contributed by atoms with Crippen LogP contribution in [0.4, 0.5) is 0 Å². The van der Waals surface area contributed by atoms with Gasteiger partial charge in [0, 0.05) is 5.56 Å². The van der Waals surface area contributed by atoms with Crippen LogP contribution >= 0.6 is 0 Å². The van der Waals surface area contributed by atoms with Gasteiger partial charge in [0.15, 0.2) is 5.78 Å². The van der Waals surface area contributed by atoms with E-state index >= 15 is 0 Å². The summed E-state index contributed by atoms with van der Waals surface area (Å²) >= 11 is 0. The van der Waals surface area contributed by atoms with Crippen molar-refractivity contribution in [1.29, 1.82) is 0 Å². The van der Waals surface area contributed by atoms with Crippen LogP contribution in [0.25, 0.3) is 0 Å². The van der Waals surface area contributed by atoms with Crippen molar-refractivity contribution in [1.82, 2.24) is 0 Å². The molecule has 4 N–H and O–H groups in total.